The quantitative estimate of drug-likeness (QED) is 0.766. The van der Waals surface area contributed by atoms with Crippen molar-refractivity contribution in [1.82, 2.24) is 9.97 Å². The third-order valence-electron chi connectivity index (χ3n) is 2.68. The summed E-state index contributed by atoms with van der Waals surface area (Å²) < 4.78 is 6.29. The first kappa shape index (κ1) is 11.0. The van der Waals surface area contributed by atoms with Crippen LogP contribution < -0.4 is 10.5 Å². The summed E-state index contributed by atoms with van der Waals surface area (Å²) in [5.41, 5.74) is 8.42. The van der Waals surface area contributed by atoms with E-state index < -0.39 is 0 Å². The molecular formula is C13H11N3OS. The molecule has 1 aromatic carbocycles. The van der Waals surface area contributed by atoms with Crippen LogP contribution in [0.4, 0.5) is 5.69 Å². The van der Waals surface area contributed by atoms with E-state index in [0.29, 0.717) is 5.69 Å². The van der Waals surface area contributed by atoms with Crippen molar-refractivity contribution in [1.29, 1.82) is 0 Å². The lowest BCUT2D eigenvalue weighted by Gasteiger charge is -1.98. The van der Waals surface area contributed by atoms with Crippen molar-refractivity contribution in [2.24, 2.45) is 0 Å². The van der Waals surface area contributed by atoms with Crippen LogP contribution in [0.2, 0.25) is 0 Å². The molecule has 0 bridgehead atoms. The molecule has 0 aliphatic carbocycles. The minimum atomic E-state index is 0.642. The Morgan fingerprint density at radius 2 is 2.17 bits per heavy atom. The molecule has 0 fully saturated rings. The Labute approximate surface area is 108 Å². The highest BCUT2D eigenvalue weighted by atomic mass is 32.1. The van der Waals surface area contributed by atoms with Crippen LogP contribution in [0.1, 0.15) is 0 Å². The van der Waals surface area contributed by atoms with Crippen LogP contribution in [0.3, 0.4) is 0 Å². The number of nitrogens with zero attached hydrogens (tertiary/aromatic N) is 2. The molecule has 0 radical (unpaired) electrons. The second kappa shape index (κ2) is 4.27. The highest BCUT2D eigenvalue weighted by Crippen LogP contribution is 2.34. The smallest absolute Gasteiger partial charge is 0.126 e. The fraction of sp³-hybridized carbons (Fsp3) is 0.0769. The number of hydrogen-bond donors (Lipinski definition) is 1. The van der Waals surface area contributed by atoms with E-state index in [1.165, 1.54) is 0 Å². The number of aromatic nitrogens is 2. The van der Waals surface area contributed by atoms with Crippen LogP contribution in [0.5, 0.6) is 5.75 Å². The number of thiazole rings is 1. The van der Waals surface area contributed by atoms with Crippen LogP contribution in [-0.4, -0.2) is 17.1 Å². The minimum Gasteiger partial charge on any atom is -0.497 e. The van der Waals surface area contributed by atoms with Gasteiger partial charge in [-0.3, -0.25) is 4.98 Å². The van der Waals surface area contributed by atoms with E-state index in [1.54, 1.807) is 30.8 Å². The van der Waals surface area contributed by atoms with Crippen molar-refractivity contribution < 1.29 is 4.74 Å². The van der Waals surface area contributed by atoms with E-state index in [4.69, 9.17) is 10.5 Å². The summed E-state index contributed by atoms with van der Waals surface area (Å²) in [6.07, 6.45) is 3.36. The summed E-state index contributed by atoms with van der Waals surface area (Å²) in [7, 11) is 1.66. The molecule has 5 heteroatoms. The lowest BCUT2D eigenvalue weighted by atomic mass is 10.2. The van der Waals surface area contributed by atoms with Crippen LogP contribution in [-0.2, 0) is 0 Å². The maximum atomic E-state index is 5.91. The maximum Gasteiger partial charge on any atom is 0.126 e. The van der Waals surface area contributed by atoms with Gasteiger partial charge >= 0.3 is 0 Å². The normalized spacial score (nSPS) is 10.7. The largest absolute Gasteiger partial charge is 0.497 e. The van der Waals surface area contributed by atoms with Gasteiger partial charge in [0, 0.05) is 11.8 Å². The van der Waals surface area contributed by atoms with Crippen molar-refractivity contribution >= 4 is 27.2 Å². The first-order chi connectivity index (χ1) is 8.78. The Morgan fingerprint density at radius 1 is 1.28 bits per heavy atom. The molecule has 0 atom stereocenters. The molecule has 90 valence electrons. The lowest BCUT2D eigenvalue weighted by molar-refractivity contribution is 0.415. The van der Waals surface area contributed by atoms with Gasteiger partial charge in [0.25, 0.3) is 0 Å². The number of methoxy groups -OCH3 is 1. The molecule has 0 aliphatic rings. The van der Waals surface area contributed by atoms with Crippen molar-refractivity contribution in [3.05, 3.63) is 36.7 Å². The van der Waals surface area contributed by atoms with E-state index in [0.717, 1.165) is 26.5 Å². The van der Waals surface area contributed by atoms with Crippen LogP contribution in [0.25, 0.3) is 20.8 Å². The van der Waals surface area contributed by atoms with Gasteiger partial charge in [-0.25, -0.2) is 4.98 Å². The standard InChI is InChI=1S/C13H11N3OS/c1-17-8-2-3-11-12(6-8)18-13(16-11)9-4-5-15-7-10(9)14/h2-7H,14H2,1H3. The van der Waals surface area contributed by atoms with Crippen LogP contribution >= 0.6 is 11.3 Å². The number of benzene rings is 1. The molecule has 0 amide bonds. The molecule has 18 heavy (non-hydrogen) atoms. The molecule has 3 aromatic rings. The third-order valence-corrected chi connectivity index (χ3v) is 3.73. The maximum absolute atomic E-state index is 5.91. The number of hydrogen-bond acceptors (Lipinski definition) is 5. The molecule has 0 spiro atoms. The van der Waals surface area contributed by atoms with Crippen molar-refractivity contribution in [2.75, 3.05) is 12.8 Å². The summed E-state index contributed by atoms with van der Waals surface area (Å²) in [6, 6.07) is 7.71. The number of nitrogens with two attached hydrogens (primary N) is 1. The summed E-state index contributed by atoms with van der Waals surface area (Å²) in [6.45, 7) is 0. The molecule has 3 rings (SSSR count). The SMILES string of the molecule is COc1ccc2nc(-c3ccncc3N)sc2c1. The summed E-state index contributed by atoms with van der Waals surface area (Å²) in [4.78, 5) is 8.56. The van der Waals surface area contributed by atoms with Gasteiger partial charge in [0.2, 0.25) is 0 Å². The summed E-state index contributed by atoms with van der Waals surface area (Å²) >= 11 is 1.60. The Hall–Kier alpha value is -2.14. The Bertz CT molecular complexity index is 708. The second-order valence-corrected chi connectivity index (χ2v) is 4.85. The zero-order valence-electron chi connectivity index (χ0n) is 9.75. The van der Waals surface area contributed by atoms with Crippen molar-refractivity contribution in [2.45, 2.75) is 0 Å². The van der Waals surface area contributed by atoms with E-state index in [1.807, 2.05) is 24.3 Å². The van der Waals surface area contributed by atoms with Gasteiger partial charge in [0.1, 0.15) is 10.8 Å². The van der Waals surface area contributed by atoms with E-state index >= 15 is 0 Å². The van der Waals surface area contributed by atoms with E-state index in [9.17, 15) is 0 Å². The monoisotopic (exact) mass is 257 g/mol. The summed E-state index contributed by atoms with van der Waals surface area (Å²) in [5, 5.41) is 0.901. The van der Waals surface area contributed by atoms with E-state index in [2.05, 4.69) is 9.97 Å². The minimum absolute atomic E-state index is 0.642. The van der Waals surface area contributed by atoms with Crippen molar-refractivity contribution in [3.63, 3.8) is 0 Å². The number of fused-ring (bicyclic) bond motifs is 1. The first-order valence-corrected chi connectivity index (χ1v) is 6.24. The molecule has 2 N–H and O–H groups in total. The van der Waals surface area contributed by atoms with Gasteiger partial charge in [-0.05, 0) is 24.3 Å². The lowest BCUT2D eigenvalue weighted by Crippen LogP contribution is -1.89. The number of anilines is 1. The number of rotatable bonds is 2. The van der Waals surface area contributed by atoms with Gasteiger partial charge in [0.05, 0.1) is 29.2 Å². The first-order valence-electron chi connectivity index (χ1n) is 5.42. The Morgan fingerprint density at radius 3 is 2.94 bits per heavy atom. The van der Waals surface area contributed by atoms with Crippen LogP contribution in [0.15, 0.2) is 36.7 Å². The van der Waals surface area contributed by atoms with Gasteiger partial charge < -0.3 is 10.5 Å². The molecule has 0 unspecified atom stereocenters. The Kier molecular flexibility index (Phi) is 2.60. The second-order valence-electron chi connectivity index (χ2n) is 3.82. The highest BCUT2D eigenvalue weighted by molar-refractivity contribution is 7.21. The average molecular weight is 257 g/mol. The molecule has 0 saturated carbocycles. The van der Waals surface area contributed by atoms with E-state index in [-0.39, 0.29) is 0 Å². The topological polar surface area (TPSA) is 61.0 Å². The predicted molar refractivity (Wildman–Crippen MR) is 73.8 cm³/mol. The third kappa shape index (κ3) is 1.78. The molecule has 2 aromatic heterocycles. The zero-order valence-corrected chi connectivity index (χ0v) is 10.6. The molecule has 4 nitrogen and oxygen atoms in total. The van der Waals surface area contributed by atoms with Gasteiger partial charge in [0.15, 0.2) is 0 Å². The van der Waals surface area contributed by atoms with Crippen molar-refractivity contribution in [3.8, 4) is 16.3 Å². The average Bonchev–Trinajstić information content (AvgIpc) is 2.81. The van der Waals surface area contributed by atoms with Crippen LogP contribution in [0, 0.1) is 0 Å². The Balaban J connectivity index is 2.17. The molecular weight excluding hydrogens is 246 g/mol. The van der Waals surface area contributed by atoms with Gasteiger partial charge in [-0.2, -0.15) is 0 Å². The molecule has 2 heterocycles. The van der Waals surface area contributed by atoms with Gasteiger partial charge in [-0.1, -0.05) is 0 Å². The highest BCUT2D eigenvalue weighted by Gasteiger charge is 2.09. The number of ether oxygens (including phenoxy) is 1. The van der Waals surface area contributed by atoms with Gasteiger partial charge in [-0.15, -0.1) is 11.3 Å². The fourth-order valence-corrected chi connectivity index (χ4v) is 2.79. The zero-order chi connectivity index (χ0) is 12.5. The predicted octanol–water partition coefficient (Wildman–Crippen LogP) is 2.95. The molecule has 0 saturated heterocycles. The summed E-state index contributed by atoms with van der Waals surface area (Å²) in [5.74, 6) is 0.834. The number of pyridine rings is 1. The molecule has 0 aliphatic heterocycles. The fourth-order valence-electron chi connectivity index (χ4n) is 1.75. The number of nitrogen functional groups attached to an aromatic ring is 1.